The van der Waals surface area contributed by atoms with E-state index in [1.54, 1.807) is 0 Å². The third kappa shape index (κ3) is 4.06. The lowest BCUT2D eigenvalue weighted by Gasteiger charge is -2.45. The van der Waals surface area contributed by atoms with E-state index in [1.165, 1.54) is 12.6 Å². The van der Waals surface area contributed by atoms with Crippen LogP contribution in [0.25, 0.3) is 0 Å². The van der Waals surface area contributed by atoms with Gasteiger partial charge in [-0.2, -0.15) is 0 Å². The number of halogens is 5. The van der Waals surface area contributed by atoms with Crippen LogP contribution in [0.1, 0.15) is 10.4 Å². The average Bonchev–Trinajstić information content (AvgIpc) is 2.50. The highest BCUT2D eigenvalue weighted by Gasteiger charge is 2.65. The van der Waals surface area contributed by atoms with E-state index in [4.69, 9.17) is 9.94 Å². The van der Waals surface area contributed by atoms with E-state index in [1.807, 2.05) is 0 Å². The molecular formula is C13H16F5N3O4S. The highest BCUT2D eigenvalue weighted by atomic mass is 32.5. The summed E-state index contributed by atoms with van der Waals surface area (Å²) in [5.41, 5.74) is -0.194. The molecular weight excluding hydrogens is 389 g/mol. The predicted molar refractivity (Wildman–Crippen MR) is 81.6 cm³/mol. The van der Waals surface area contributed by atoms with Crippen molar-refractivity contribution in [2.24, 2.45) is 0 Å². The minimum atomic E-state index is -9.84. The fourth-order valence-corrected chi connectivity index (χ4v) is 3.07. The zero-order valence-electron chi connectivity index (χ0n) is 13.3. The number of rotatable bonds is 6. The Morgan fingerprint density at radius 3 is 2.08 bits per heavy atom. The molecule has 0 unspecified atom stereocenters. The Kier molecular flexibility index (Phi) is 4.52. The summed E-state index contributed by atoms with van der Waals surface area (Å²) in [4.78, 5) is 21.9. The predicted octanol–water partition coefficient (Wildman–Crippen LogP) is 1.94. The first kappa shape index (κ1) is 20.4. The molecule has 7 nitrogen and oxygen atoms in total. The second-order valence-electron chi connectivity index (χ2n) is 5.75. The number of methoxy groups -OCH3 is 1. The lowest BCUT2D eigenvalue weighted by atomic mass is 9.87. The molecule has 26 heavy (non-hydrogen) atoms. The number of carbonyl (C=O) groups is 2. The Morgan fingerprint density at radius 1 is 1.19 bits per heavy atom. The Morgan fingerprint density at radius 2 is 1.73 bits per heavy atom. The Hall–Kier alpha value is -1.96. The summed E-state index contributed by atoms with van der Waals surface area (Å²) in [6, 6.07) is -0.0610. The van der Waals surface area contributed by atoms with Crippen molar-refractivity contribution in [2.45, 2.75) is 16.5 Å². The number of hydrogen-bond acceptors (Lipinski definition) is 5. The molecule has 1 aromatic rings. The van der Waals surface area contributed by atoms with Gasteiger partial charge >= 0.3 is 10.2 Å². The molecule has 1 aliphatic rings. The van der Waals surface area contributed by atoms with Crippen molar-refractivity contribution in [3.8, 4) is 0 Å². The first-order valence-corrected chi connectivity index (χ1v) is 9.02. The lowest BCUT2D eigenvalue weighted by Crippen LogP contribution is -2.74. The maximum atomic E-state index is 12.7. The zero-order valence-corrected chi connectivity index (χ0v) is 14.1. The summed E-state index contributed by atoms with van der Waals surface area (Å²) in [7, 11) is -8.57. The molecule has 0 saturated carbocycles. The molecule has 1 aliphatic heterocycles. The number of hydroxylamine groups is 1. The second kappa shape index (κ2) is 5.77. The van der Waals surface area contributed by atoms with Crippen LogP contribution in [0.5, 0.6) is 0 Å². The summed E-state index contributed by atoms with van der Waals surface area (Å²) in [5, 5.41) is 13.9. The largest absolute Gasteiger partial charge is 0.373 e. The van der Waals surface area contributed by atoms with Crippen LogP contribution in [0, 0.1) is 0 Å². The van der Waals surface area contributed by atoms with Crippen molar-refractivity contribution in [3.05, 3.63) is 29.8 Å². The minimum Gasteiger partial charge on any atom is -0.373 e. The molecule has 1 fully saturated rings. The minimum absolute atomic E-state index is 0.0918. The number of benzene rings is 1. The molecule has 2 amide bonds. The van der Waals surface area contributed by atoms with Gasteiger partial charge in [-0.05, 0) is 24.3 Å². The number of amides is 2. The summed E-state index contributed by atoms with van der Waals surface area (Å²) in [6.07, 6.45) is 0. The van der Waals surface area contributed by atoms with Crippen LogP contribution in [0.2, 0.25) is 0 Å². The maximum Gasteiger partial charge on any atom is 0.310 e. The van der Waals surface area contributed by atoms with E-state index in [2.05, 4.69) is 10.6 Å². The quantitative estimate of drug-likeness (QED) is 0.329. The number of hydrogen-bond donors (Lipinski definition) is 4. The van der Waals surface area contributed by atoms with Gasteiger partial charge in [0.15, 0.2) is 0 Å². The van der Waals surface area contributed by atoms with Crippen LogP contribution < -0.4 is 16.1 Å². The first-order chi connectivity index (χ1) is 11.7. The fourth-order valence-electron chi connectivity index (χ4n) is 2.42. The Labute approximate surface area is 144 Å². The topological polar surface area (TPSA) is 99.7 Å². The van der Waals surface area contributed by atoms with Crippen molar-refractivity contribution in [3.63, 3.8) is 0 Å². The van der Waals surface area contributed by atoms with E-state index in [0.29, 0.717) is 12.1 Å². The van der Waals surface area contributed by atoms with Gasteiger partial charge < -0.3 is 15.4 Å². The van der Waals surface area contributed by atoms with Crippen LogP contribution >= 0.6 is 10.2 Å². The van der Waals surface area contributed by atoms with Crippen molar-refractivity contribution in [1.29, 1.82) is 0 Å². The summed E-state index contributed by atoms with van der Waals surface area (Å²) < 4.78 is 68.7. The van der Waals surface area contributed by atoms with Crippen molar-refractivity contribution in [1.82, 2.24) is 16.1 Å². The lowest BCUT2D eigenvalue weighted by molar-refractivity contribution is -0.145. The third-order valence-electron chi connectivity index (χ3n) is 3.99. The SMILES string of the molecule is COC1([C@H](NC(=O)c2ccc(S(F)(F)(F)(F)F)cc2)C(=O)NO)CNC1. The normalized spacial score (nSPS) is 20.1. The van der Waals surface area contributed by atoms with E-state index in [9.17, 15) is 29.0 Å². The zero-order chi connectivity index (χ0) is 19.9. The molecule has 1 atom stereocenters. The van der Waals surface area contributed by atoms with E-state index < -0.39 is 38.6 Å². The molecule has 148 valence electrons. The van der Waals surface area contributed by atoms with Crippen LogP contribution in [0.3, 0.4) is 0 Å². The van der Waals surface area contributed by atoms with Crippen LogP contribution in [-0.4, -0.2) is 48.9 Å². The summed E-state index contributed by atoms with van der Waals surface area (Å²) in [5.74, 6) is -2.01. The van der Waals surface area contributed by atoms with Crippen LogP contribution in [0.4, 0.5) is 19.4 Å². The molecule has 0 spiro atoms. The molecule has 2 rings (SSSR count). The molecule has 1 heterocycles. The third-order valence-corrected chi connectivity index (χ3v) is 5.15. The second-order valence-corrected chi connectivity index (χ2v) is 8.16. The van der Waals surface area contributed by atoms with E-state index in [0.717, 1.165) is 0 Å². The molecule has 1 aromatic carbocycles. The fraction of sp³-hybridized carbons (Fsp3) is 0.385. The van der Waals surface area contributed by atoms with Gasteiger partial charge in [0.25, 0.3) is 11.8 Å². The van der Waals surface area contributed by atoms with Gasteiger partial charge in [0.05, 0.1) is 0 Å². The number of nitrogens with one attached hydrogen (secondary N) is 3. The summed E-state index contributed by atoms with van der Waals surface area (Å²) in [6.45, 7) is 0.316. The monoisotopic (exact) mass is 405 g/mol. The highest BCUT2D eigenvalue weighted by Crippen LogP contribution is 3.02. The van der Waals surface area contributed by atoms with Gasteiger partial charge in [-0.3, -0.25) is 14.8 Å². The van der Waals surface area contributed by atoms with Crippen molar-refractivity contribution >= 4 is 22.0 Å². The molecule has 1 saturated heterocycles. The van der Waals surface area contributed by atoms with Crippen molar-refractivity contribution < 1.29 is 39.0 Å². The highest BCUT2D eigenvalue weighted by molar-refractivity contribution is 8.45. The van der Waals surface area contributed by atoms with Gasteiger partial charge in [-0.25, -0.2) is 5.48 Å². The van der Waals surface area contributed by atoms with Gasteiger partial charge in [0.1, 0.15) is 16.5 Å². The first-order valence-electron chi connectivity index (χ1n) is 7.07. The van der Waals surface area contributed by atoms with Gasteiger partial charge in [-0.15, -0.1) is 0 Å². The van der Waals surface area contributed by atoms with Gasteiger partial charge in [0, 0.05) is 25.8 Å². The van der Waals surface area contributed by atoms with E-state index in [-0.39, 0.29) is 30.8 Å². The molecule has 0 radical (unpaired) electrons. The summed E-state index contributed by atoms with van der Waals surface area (Å²) >= 11 is 0. The van der Waals surface area contributed by atoms with Gasteiger partial charge in [0.2, 0.25) is 0 Å². The van der Waals surface area contributed by atoms with Crippen molar-refractivity contribution in [2.75, 3.05) is 20.2 Å². The van der Waals surface area contributed by atoms with Gasteiger partial charge in [-0.1, -0.05) is 19.4 Å². The molecule has 0 aromatic heterocycles. The Balaban J connectivity index is 2.24. The maximum absolute atomic E-state index is 12.7. The Bertz CT molecular complexity index is 716. The smallest absolute Gasteiger partial charge is 0.310 e. The molecule has 13 heteroatoms. The standard InChI is InChI=1S/C13H16F5N3O4S/c1-25-13(6-19-7-13)10(12(23)21-24)20-11(22)8-2-4-9(5-3-8)26(14,15,16,17)18/h2-5,10,19,24H,6-7H2,1H3,(H,20,22)(H,21,23)/t10-/m1/s1. The molecule has 4 N–H and O–H groups in total. The van der Waals surface area contributed by atoms with Crippen LogP contribution in [-0.2, 0) is 9.53 Å². The molecule has 0 aliphatic carbocycles. The average molecular weight is 405 g/mol. The number of ether oxygens (including phenoxy) is 1. The molecule has 0 bridgehead atoms. The number of carbonyl (C=O) groups excluding carboxylic acids is 2. The van der Waals surface area contributed by atoms with E-state index >= 15 is 0 Å². The van der Waals surface area contributed by atoms with Crippen LogP contribution in [0.15, 0.2) is 29.2 Å².